The van der Waals surface area contributed by atoms with Crippen LogP contribution in [0, 0.1) is 0 Å². The van der Waals surface area contributed by atoms with Crippen LogP contribution in [0.5, 0.6) is 0 Å². The molecule has 0 amide bonds. The van der Waals surface area contributed by atoms with Crippen LogP contribution < -0.4 is 5.32 Å². The fraction of sp³-hybridized carbons (Fsp3) is 0.375. The van der Waals surface area contributed by atoms with Gasteiger partial charge in [0.2, 0.25) is 0 Å². The Balaban J connectivity index is 1.90. The zero-order chi connectivity index (χ0) is 13.9. The van der Waals surface area contributed by atoms with Gasteiger partial charge in [0, 0.05) is 27.5 Å². The molecule has 0 bridgehead atoms. The number of nitrogens with one attached hydrogen (secondary N) is 1. The molecule has 106 valence electrons. The molecule has 2 unspecified atom stereocenters. The molecule has 20 heavy (non-hydrogen) atoms. The van der Waals surface area contributed by atoms with E-state index in [0.717, 1.165) is 23.1 Å². The van der Waals surface area contributed by atoms with Crippen LogP contribution in [-0.2, 0) is 0 Å². The summed E-state index contributed by atoms with van der Waals surface area (Å²) in [7, 11) is 0. The lowest BCUT2D eigenvalue weighted by molar-refractivity contribution is 0.478. The average molecular weight is 324 g/mol. The lowest BCUT2D eigenvalue weighted by Crippen LogP contribution is -2.27. The molecular weight excluding hydrogens is 306 g/mol. The number of fused-ring (bicyclic) bond motifs is 1. The molecule has 0 saturated heterocycles. The third kappa shape index (κ3) is 2.91. The number of halogens is 1. The second-order valence-electron chi connectivity index (χ2n) is 5.03. The van der Waals surface area contributed by atoms with Crippen LogP contribution >= 0.6 is 34.7 Å². The predicted molar refractivity (Wildman–Crippen MR) is 90.3 cm³/mol. The maximum atomic E-state index is 6.13. The molecule has 1 aromatic carbocycles. The van der Waals surface area contributed by atoms with E-state index < -0.39 is 0 Å². The van der Waals surface area contributed by atoms with Crippen molar-refractivity contribution >= 4 is 34.7 Å². The number of thioether (sulfide) groups is 1. The minimum absolute atomic E-state index is 0.378. The van der Waals surface area contributed by atoms with Gasteiger partial charge in [0.05, 0.1) is 4.34 Å². The standard InChI is InChI=1S/C16H18ClNS2/c1-2-9-18-16(14-7-8-15(17)20-14)12-10-19-13-6-4-3-5-11(12)13/h3-8,12,16,18H,2,9-10H2,1H3. The Morgan fingerprint density at radius 1 is 1.30 bits per heavy atom. The molecule has 2 heterocycles. The van der Waals surface area contributed by atoms with Crippen molar-refractivity contribution in [3.63, 3.8) is 0 Å². The highest BCUT2D eigenvalue weighted by atomic mass is 35.5. The highest BCUT2D eigenvalue weighted by Gasteiger charge is 2.31. The summed E-state index contributed by atoms with van der Waals surface area (Å²) in [5, 5.41) is 3.72. The topological polar surface area (TPSA) is 12.0 Å². The Morgan fingerprint density at radius 3 is 2.90 bits per heavy atom. The summed E-state index contributed by atoms with van der Waals surface area (Å²) in [6, 6.07) is 13.3. The SMILES string of the molecule is CCCNC(c1ccc(Cl)s1)C1CSc2ccccc21. The maximum absolute atomic E-state index is 6.13. The van der Waals surface area contributed by atoms with Crippen molar-refractivity contribution in [3.8, 4) is 0 Å². The van der Waals surface area contributed by atoms with Gasteiger partial charge in [0.25, 0.3) is 0 Å². The summed E-state index contributed by atoms with van der Waals surface area (Å²) in [5.74, 6) is 1.69. The average Bonchev–Trinajstić information content (AvgIpc) is 3.07. The first-order valence-corrected chi connectivity index (χ1v) is 9.18. The van der Waals surface area contributed by atoms with E-state index in [4.69, 9.17) is 11.6 Å². The van der Waals surface area contributed by atoms with Crippen molar-refractivity contribution in [2.45, 2.75) is 30.2 Å². The van der Waals surface area contributed by atoms with Crippen LogP contribution in [0.2, 0.25) is 4.34 Å². The van der Waals surface area contributed by atoms with Crippen molar-refractivity contribution in [1.29, 1.82) is 0 Å². The van der Waals surface area contributed by atoms with Gasteiger partial charge in [0.1, 0.15) is 0 Å². The number of thiophene rings is 1. The molecule has 4 heteroatoms. The Labute approximate surface area is 133 Å². The van der Waals surface area contributed by atoms with Crippen LogP contribution in [0.15, 0.2) is 41.3 Å². The van der Waals surface area contributed by atoms with Gasteiger partial charge in [0.15, 0.2) is 0 Å². The minimum Gasteiger partial charge on any atom is -0.309 e. The summed E-state index contributed by atoms with van der Waals surface area (Å²) in [5.41, 5.74) is 1.48. The van der Waals surface area contributed by atoms with E-state index in [1.807, 2.05) is 17.8 Å². The second kappa shape index (κ2) is 6.52. The van der Waals surface area contributed by atoms with E-state index in [1.54, 1.807) is 11.3 Å². The third-order valence-corrected chi connectivity index (χ3v) is 6.18. The van der Waals surface area contributed by atoms with E-state index in [2.05, 4.69) is 42.6 Å². The first-order chi connectivity index (χ1) is 9.79. The molecule has 1 aliphatic rings. The van der Waals surface area contributed by atoms with Crippen LogP contribution in [0.25, 0.3) is 0 Å². The summed E-state index contributed by atoms with van der Waals surface area (Å²) >= 11 is 9.80. The van der Waals surface area contributed by atoms with E-state index in [9.17, 15) is 0 Å². The lowest BCUT2D eigenvalue weighted by Gasteiger charge is -2.24. The van der Waals surface area contributed by atoms with E-state index in [1.165, 1.54) is 15.3 Å². The fourth-order valence-electron chi connectivity index (χ4n) is 2.70. The number of rotatable bonds is 5. The molecule has 2 atom stereocenters. The first kappa shape index (κ1) is 14.5. The first-order valence-electron chi connectivity index (χ1n) is 7.00. The molecule has 0 aliphatic carbocycles. The van der Waals surface area contributed by atoms with Crippen LogP contribution in [0.3, 0.4) is 0 Å². The molecule has 1 aromatic heterocycles. The van der Waals surface area contributed by atoms with Gasteiger partial charge in [-0.2, -0.15) is 0 Å². The Kier molecular flexibility index (Phi) is 4.72. The Morgan fingerprint density at radius 2 is 2.15 bits per heavy atom. The quantitative estimate of drug-likeness (QED) is 0.798. The smallest absolute Gasteiger partial charge is 0.0931 e. The predicted octanol–water partition coefficient (Wildman–Crippen LogP) is 5.33. The van der Waals surface area contributed by atoms with Gasteiger partial charge in [-0.25, -0.2) is 0 Å². The maximum Gasteiger partial charge on any atom is 0.0931 e. The zero-order valence-corrected chi connectivity index (χ0v) is 13.8. The fourth-order valence-corrected chi connectivity index (χ4v) is 5.19. The van der Waals surface area contributed by atoms with E-state index >= 15 is 0 Å². The van der Waals surface area contributed by atoms with Gasteiger partial charge in [-0.1, -0.05) is 36.7 Å². The highest BCUT2D eigenvalue weighted by molar-refractivity contribution is 7.99. The van der Waals surface area contributed by atoms with Crippen molar-refractivity contribution in [2.24, 2.45) is 0 Å². The van der Waals surface area contributed by atoms with Gasteiger partial charge in [-0.15, -0.1) is 23.1 Å². The summed E-state index contributed by atoms with van der Waals surface area (Å²) < 4.78 is 0.877. The molecule has 1 aliphatic heterocycles. The summed E-state index contributed by atoms with van der Waals surface area (Å²) in [6.07, 6.45) is 1.15. The minimum atomic E-state index is 0.378. The van der Waals surface area contributed by atoms with Crippen molar-refractivity contribution < 1.29 is 0 Å². The molecule has 1 nitrogen and oxygen atoms in total. The molecule has 0 saturated carbocycles. The van der Waals surface area contributed by atoms with Crippen LogP contribution in [0.4, 0.5) is 0 Å². The molecule has 3 rings (SSSR count). The Bertz CT molecular complexity index is 581. The summed E-state index contributed by atoms with van der Waals surface area (Å²) in [4.78, 5) is 2.79. The second-order valence-corrected chi connectivity index (χ2v) is 7.84. The number of benzene rings is 1. The lowest BCUT2D eigenvalue weighted by atomic mass is 9.92. The van der Waals surface area contributed by atoms with E-state index in [0.29, 0.717) is 12.0 Å². The van der Waals surface area contributed by atoms with Crippen LogP contribution in [0.1, 0.15) is 35.7 Å². The number of hydrogen-bond acceptors (Lipinski definition) is 3. The molecule has 0 radical (unpaired) electrons. The third-order valence-electron chi connectivity index (χ3n) is 3.65. The van der Waals surface area contributed by atoms with Gasteiger partial charge in [-0.3, -0.25) is 0 Å². The molecule has 0 fully saturated rings. The normalized spacial score (nSPS) is 19.0. The summed E-state index contributed by atoms with van der Waals surface area (Å²) in [6.45, 7) is 3.26. The zero-order valence-electron chi connectivity index (χ0n) is 11.4. The van der Waals surface area contributed by atoms with Gasteiger partial charge >= 0.3 is 0 Å². The molecule has 1 N–H and O–H groups in total. The molecular formula is C16H18ClNS2. The van der Waals surface area contributed by atoms with Crippen molar-refractivity contribution in [1.82, 2.24) is 5.32 Å². The van der Waals surface area contributed by atoms with Gasteiger partial charge in [-0.05, 0) is 36.7 Å². The number of hydrogen-bond donors (Lipinski definition) is 1. The highest BCUT2D eigenvalue weighted by Crippen LogP contribution is 2.46. The van der Waals surface area contributed by atoms with Crippen LogP contribution in [-0.4, -0.2) is 12.3 Å². The van der Waals surface area contributed by atoms with Crippen molar-refractivity contribution in [2.75, 3.05) is 12.3 Å². The molecule has 2 aromatic rings. The molecule has 0 spiro atoms. The largest absolute Gasteiger partial charge is 0.309 e. The van der Waals surface area contributed by atoms with Gasteiger partial charge < -0.3 is 5.32 Å². The monoisotopic (exact) mass is 323 g/mol. The van der Waals surface area contributed by atoms with Crippen molar-refractivity contribution in [3.05, 3.63) is 51.2 Å². The van der Waals surface area contributed by atoms with E-state index in [-0.39, 0.29) is 0 Å². The Hall–Kier alpha value is -0.480.